The van der Waals surface area contributed by atoms with E-state index in [-0.39, 0.29) is 11.8 Å². The molecule has 3 aromatic carbocycles. The summed E-state index contributed by atoms with van der Waals surface area (Å²) >= 11 is 0. The average molecular weight is 641 g/mol. The number of carbonyl (C=O) groups excluding carboxylic acids is 2. The first-order chi connectivity index (χ1) is 22.5. The number of hydrogen-bond acceptors (Lipinski definition) is 7. The van der Waals surface area contributed by atoms with Gasteiger partial charge >= 0.3 is 5.97 Å². The molecule has 248 valence electrons. The maximum Gasteiger partial charge on any atom is 0.322 e. The van der Waals surface area contributed by atoms with Crippen LogP contribution in [-0.4, -0.2) is 52.2 Å². The topological polar surface area (TPSA) is 144 Å². The van der Waals surface area contributed by atoms with Crippen LogP contribution in [0, 0.1) is 0 Å². The number of amides is 2. The maximum absolute atomic E-state index is 13.1. The van der Waals surface area contributed by atoms with Crippen molar-refractivity contribution in [3.8, 4) is 28.6 Å². The van der Waals surface area contributed by atoms with E-state index in [1.165, 1.54) is 25.7 Å². The van der Waals surface area contributed by atoms with Gasteiger partial charge in [0.2, 0.25) is 11.7 Å². The van der Waals surface area contributed by atoms with Crippen LogP contribution in [0.1, 0.15) is 81.3 Å². The van der Waals surface area contributed by atoms with Crippen molar-refractivity contribution >= 4 is 17.8 Å². The summed E-state index contributed by atoms with van der Waals surface area (Å²) in [6.07, 6.45) is 6.06. The van der Waals surface area contributed by atoms with Gasteiger partial charge in [-0.1, -0.05) is 94.9 Å². The van der Waals surface area contributed by atoms with E-state index in [1.54, 1.807) is 24.3 Å². The van der Waals surface area contributed by atoms with Gasteiger partial charge in [0.1, 0.15) is 18.3 Å². The molecule has 4 aromatic rings. The molecule has 1 atom stereocenters. The van der Waals surface area contributed by atoms with Gasteiger partial charge in [-0.05, 0) is 59.4 Å². The number of unbranched alkanes of at least 4 members (excludes halogenated alkanes) is 4. The molecule has 3 N–H and O–H groups in total. The quantitative estimate of drug-likeness (QED) is 0.116. The van der Waals surface area contributed by atoms with Crippen molar-refractivity contribution in [2.24, 2.45) is 0 Å². The number of carbonyl (C=O) groups is 3. The van der Waals surface area contributed by atoms with Gasteiger partial charge in [-0.2, -0.15) is 4.98 Å². The van der Waals surface area contributed by atoms with E-state index in [0.717, 1.165) is 28.9 Å². The lowest BCUT2D eigenvalue weighted by atomic mass is 9.86. The summed E-state index contributed by atoms with van der Waals surface area (Å²) in [7, 11) is 0. The summed E-state index contributed by atoms with van der Waals surface area (Å²) in [6.45, 7) is 8.58. The van der Waals surface area contributed by atoms with Crippen molar-refractivity contribution in [2.45, 2.75) is 77.7 Å². The summed E-state index contributed by atoms with van der Waals surface area (Å²) in [5.41, 5.74) is 3.63. The first kappa shape index (κ1) is 34.9. The molecule has 0 aliphatic rings. The van der Waals surface area contributed by atoms with Crippen molar-refractivity contribution in [1.29, 1.82) is 0 Å². The normalized spacial score (nSPS) is 11.9. The van der Waals surface area contributed by atoms with Crippen LogP contribution in [0.25, 0.3) is 22.8 Å². The number of aromatic nitrogens is 2. The van der Waals surface area contributed by atoms with Gasteiger partial charge in [0.25, 0.3) is 11.8 Å². The minimum Gasteiger partial charge on any atom is -0.494 e. The third-order valence-corrected chi connectivity index (χ3v) is 7.74. The smallest absolute Gasteiger partial charge is 0.322 e. The number of benzene rings is 3. The molecule has 0 saturated heterocycles. The molecule has 0 unspecified atom stereocenters. The maximum atomic E-state index is 13.1. The molecule has 47 heavy (non-hydrogen) atoms. The standard InChI is InChI=1S/C37H44N4O6/c1-5-6-7-8-9-22-46-30-20-16-28(17-21-30)36-40-33(41-47-36)26-12-10-25(11-13-26)23-31(35(45)38-24-32(42)43)39-34(44)27-14-18-29(19-15-27)37(2,3)4/h10-21,31H,5-9,22-24H2,1-4H3,(H,38,45)(H,39,44)(H,42,43)/t31-/m0/s1. The Kier molecular flexibility index (Phi) is 12.3. The molecule has 10 nitrogen and oxygen atoms in total. The molecule has 0 spiro atoms. The van der Waals surface area contributed by atoms with Crippen molar-refractivity contribution in [2.75, 3.05) is 13.2 Å². The minimum atomic E-state index is -1.18. The molecular formula is C37H44N4O6. The molecule has 4 rings (SSSR count). The Bertz CT molecular complexity index is 1610. The van der Waals surface area contributed by atoms with Gasteiger partial charge in [0, 0.05) is 23.1 Å². The van der Waals surface area contributed by atoms with Crippen molar-refractivity contribution in [3.05, 3.63) is 89.5 Å². The number of nitrogens with one attached hydrogen (secondary N) is 2. The highest BCUT2D eigenvalue weighted by Gasteiger charge is 2.23. The Balaban J connectivity index is 1.39. The Hall–Kier alpha value is -4.99. The van der Waals surface area contributed by atoms with Gasteiger partial charge < -0.3 is 25.0 Å². The number of carboxylic acid groups (broad SMARTS) is 1. The molecule has 0 aliphatic heterocycles. The fraction of sp³-hybridized carbons (Fsp3) is 0.378. The van der Waals surface area contributed by atoms with E-state index in [0.29, 0.717) is 29.4 Å². The number of aliphatic carboxylic acids is 1. The van der Waals surface area contributed by atoms with Crippen LogP contribution in [0.5, 0.6) is 5.75 Å². The zero-order chi connectivity index (χ0) is 33.8. The second-order valence-corrected chi connectivity index (χ2v) is 12.6. The number of nitrogens with zero attached hydrogens (tertiary/aromatic N) is 2. The van der Waals surface area contributed by atoms with E-state index in [4.69, 9.17) is 14.4 Å². The third-order valence-electron chi connectivity index (χ3n) is 7.74. The Morgan fingerprint density at radius 2 is 1.53 bits per heavy atom. The highest BCUT2D eigenvalue weighted by Crippen LogP contribution is 2.25. The lowest BCUT2D eigenvalue weighted by molar-refractivity contribution is -0.138. The van der Waals surface area contributed by atoms with E-state index in [1.807, 2.05) is 48.5 Å². The Labute approximate surface area is 275 Å². The van der Waals surface area contributed by atoms with Crippen LogP contribution in [0.2, 0.25) is 0 Å². The van der Waals surface area contributed by atoms with Gasteiger partial charge in [-0.25, -0.2) is 0 Å². The van der Waals surface area contributed by atoms with E-state index < -0.39 is 30.4 Å². The average Bonchev–Trinajstić information content (AvgIpc) is 3.55. The van der Waals surface area contributed by atoms with Crippen LogP contribution < -0.4 is 15.4 Å². The van der Waals surface area contributed by atoms with Crippen molar-refractivity contribution in [3.63, 3.8) is 0 Å². The van der Waals surface area contributed by atoms with Gasteiger partial charge in [0.15, 0.2) is 0 Å². The summed E-state index contributed by atoms with van der Waals surface area (Å²) in [5, 5.41) is 18.3. The van der Waals surface area contributed by atoms with Gasteiger partial charge in [-0.3, -0.25) is 14.4 Å². The lowest BCUT2D eigenvalue weighted by Gasteiger charge is -2.20. The van der Waals surface area contributed by atoms with E-state index in [9.17, 15) is 14.4 Å². The van der Waals surface area contributed by atoms with Crippen molar-refractivity contribution in [1.82, 2.24) is 20.8 Å². The predicted octanol–water partition coefficient (Wildman–Crippen LogP) is 6.59. The number of carboxylic acids is 1. The molecular weight excluding hydrogens is 596 g/mol. The third kappa shape index (κ3) is 10.5. The molecule has 0 saturated carbocycles. The largest absolute Gasteiger partial charge is 0.494 e. The zero-order valence-corrected chi connectivity index (χ0v) is 27.5. The molecule has 0 aliphatic carbocycles. The van der Waals surface area contributed by atoms with Crippen LogP contribution in [0.4, 0.5) is 0 Å². The SMILES string of the molecule is CCCCCCCOc1ccc(-c2nc(-c3ccc(C[C@H](NC(=O)c4ccc(C(C)(C)C)cc4)C(=O)NCC(=O)O)cc3)no2)cc1. The summed E-state index contributed by atoms with van der Waals surface area (Å²) < 4.78 is 11.4. The van der Waals surface area contributed by atoms with E-state index in [2.05, 4.69) is 48.5 Å². The summed E-state index contributed by atoms with van der Waals surface area (Å²) in [6, 6.07) is 21.0. The van der Waals surface area contributed by atoms with E-state index >= 15 is 0 Å². The molecule has 2 amide bonds. The minimum absolute atomic E-state index is 0.0722. The fourth-order valence-electron chi connectivity index (χ4n) is 4.93. The highest BCUT2D eigenvalue weighted by atomic mass is 16.5. The zero-order valence-electron chi connectivity index (χ0n) is 27.5. The number of ether oxygens (including phenoxy) is 1. The fourth-order valence-corrected chi connectivity index (χ4v) is 4.93. The summed E-state index contributed by atoms with van der Waals surface area (Å²) in [5.74, 6) is -0.627. The molecule has 0 bridgehead atoms. The number of hydrogen-bond donors (Lipinski definition) is 3. The number of rotatable bonds is 16. The molecule has 1 heterocycles. The Morgan fingerprint density at radius 3 is 2.17 bits per heavy atom. The van der Waals surface area contributed by atoms with Crippen LogP contribution in [-0.2, 0) is 21.4 Å². The predicted molar refractivity (Wildman–Crippen MR) is 180 cm³/mol. The second kappa shape index (κ2) is 16.5. The molecule has 0 radical (unpaired) electrons. The van der Waals surface area contributed by atoms with Crippen molar-refractivity contribution < 1.29 is 28.8 Å². The van der Waals surface area contributed by atoms with Gasteiger partial charge in [0.05, 0.1) is 6.61 Å². The van der Waals surface area contributed by atoms with Crippen LogP contribution in [0.3, 0.4) is 0 Å². The van der Waals surface area contributed by atoms with Gasteiger partial charge in [-0.15, -0.1) is 0 Å². The van der Waals surface area contributed by atoms with Crippen LogP contribution >= 0.6 is 0 Å². The van der Waals surface area contributed by atoms with Crippen LogP contribution in [0.15, 0.2) is 77.3 Å². The lowest BCUT2D eigenvalue weighted by Crippen LogP contribution is -2.49. The second-order valence-electron chi connectivity index (χ2n) is 12.6. The summed E-state index contributed by atoms with van der Waals surface area (Å²) in [4.78, 5) is 41.6. The molecule has 10 heteroatoms. The first-order valence-corrected chi connectivity index (χ1v) is 16.1. The Morgan fingerprint density at radius 1 is 0.872 bits per heavy atom. The monoisotopic (exact) mass is 640 g/mol. The molecule has 0 fully saturated rings. The highest BCUT2D eigenvalue weighted by molar-refractivity contribution is 5.98. The first-order valence-electron chi connectivity index (χ1n) is 16.1. The molecule has 1 aromatic heterocycles.